The largest absolute Gasteiger partial charge is 0.508 e. The maximum absolute atomic E-state index is 14.5. The lowest BCUT2D eigenvalue weighted by molar-refractivity contribution is -0.145. The molecule has 0 fully saturated rings. The number of hydrogen-bond acceptors (Lipinski definition) is 5. The predicted octanol–water partition coefficient (Wildman–Crippen LogP) is 6.14. The van der Waals surface area contributed by atoms with E-state index in [4.69, 9.17) is 4.74 Å². The molecule has 2 rings (SSSR count). The van der Waals surface area contributed by atoms with E-state index in [9.17, 15) is 19.5 Å². The van der Waals surface area contributed by atoms with E-state index in [0.29, 0.717) is 12.0 Å². The van der Waals surface area contributed by atoms with Crippen molar-refractivity contribution in [3.05, 3.63) is 71.8 Å². The van der Waals surface area contributed by atoms with E-state index >= 15 is 0 Å². The van der Waals surface area contributed by atoms with Gasteiger partial charge in [-0.3, -0.25) is 9.59 Å². The van der Waals surface area contributed by atoms with Crippen LogP contribution in [0.4, 0.5) is 4.79 Å². The molecule has 0 spiro atoms. The first-order chi connectivity index (χ1) is 19.3. The van der Waals surface area contributed by atoms with E-state index < -0.39 is 29.7 Å². The van der Waals surface area contributed by atoms with Crippen LogP contribution in [-0.4, -0.2) is 51.6 Å². The fourth-order valence-corrected chi connectivity index (χ4v) is 4.61. The third-order valence-corrected chi connectivity index (χ3v) is 6.78. The number of hydrogen-bond donors (Lipinski definition) is 3. The molecule has 0 aliphatic heterocycles. The van der Waals surface area contributed by atoms with Crippen LogP contribution in [0.2, 0.25) is 0 Å². The van der Waals surface area contributed by atoms with Gasteiger partial charge in [0.1, 0.15) is 23.4 Å². The van der Waals surface area contributed by atoms with Crippen LogP contribution in [0.15, 0.2) is 55.1 Å². The molecule has 0 aliphatic carbocycles. The topological polar surface area (TPSA) is 108 Å². The summed E-state index contributed by atoms with van der Waals surface area (Å²) in [6.45, 7) is 17.0. The molecular weight excluding hydrogens is 518 g/mol. The molecule has 2 aromatic rings. The summed E-state index contributed by atoms with van der Waals surface area (Å²) in [5.41, 5.74) is 1.44. The van der Waals surface area contributed by atoms with Crippen molar-refractivity contribution in [1.29, 1.82) is 0 Å². The summed E-state index contributed by atoms with van der Waals surface area (Å²) in [6, 6.07) is 11.5. The molecule has 3 amide bonds. The number of amides is 3. The molecule has 0 bridgehead atoms. The number of nitrogens with one attached hydrogen (secondary N) is 2. The quantitative estimate of drug-likeness (QED) is 0.270. The third kappa shape index (κ3) is 10.3. The van der Waals surface area contributed by atoms with Crippen LogP contribution in [0.3, 0.4) is 0 Å². The van der Waals surface area contributed by atoms with Crippen LogP contribution in [0.5, 0.6) is 5.75 Å². The number of nitrogens with zero attached hydrogens (tertiary/aromatic N) is 1. The lowest BCUT2D eigenvalue weighted by Crippen LogP contribution is -2.56. The van der Waals surface area contributed by atoms with E-state index in [-0.39, 0.29) is 30.2 Å². The number of carbonyl (C=O) groups excluding carboxylic acids is 3. The number of ether oxygens (including phenoxy) is 1. The minimum atomic E-state index is -1.03. The molecule has 8 heteroatoms. The van der Waals surface area contributed by atoms with Crippen molar-refractivity contribution < 1.29 is 24.2 Å². The smallest absolute Gasteiger partial charge is 0.408 e. The van der Waals surface area contributed by atoms with Crippen LogP contribution >= 0.6 is 0 Å². The van der Waals surface area contributed by atoms with Crippen LogP contribution in [-0.2, 0) is 20.7 Å². The molecular formula is C33H47N3O5. The Balaban J connectivity index is 2.62. The SMILES string of the molecule is C=Cc1cccc(C(C(=O)NC(C)CCC)N(C(=O)C(Cc2ccc(O)cc2)NC(=O)OC(C)(C)C)C(C)CC)c1. The normalized spacial score (nSPS) is 14.2. The fraction of sp³-hybridized carbons (Fsp3) is 0.485. The first-order valence-corrected chi connectivity index (χ1v) is 14.4. The van der Waals surface area contributed by atoms with Crippen molar-refractivity contribution in [3.63, 3.8) is 0 Å². The summed E-state index contributed by atoms with van der Waals surface area (Å²) in [5.74, 6) is -0.606. The Morgan fingerprint density at radius 2 is 1.71 bits per heavy atom. The molecule has 2 aromatic carbocycles. The summed E-state index contributed by atoms with van der Waals surface area (Å²) in [5, 5.41) is 15.6. The molecule has 8 nitrogen and oxygen atoms in total. The van der Waals surface area contributed by atoms with Crippen molar-refractivity contribution >= 4 is 24.0 Å². The Kier molecular flexibility index (Phi) is 12.4. The summed E-state index contributed by atoms with van der Waals surface area (Å²) in [7, 11) is 0. The number of alkyl carbamates (subject to hydrolysis) is 1. The summed E-state index contributed by atoms with van der Waals surface area (Å²) >= 11 is 0. The molecule has 0 saturated carbocycles. The van der Waals surface area contributed by atoms with Crippen LogP contribution in [0.25, 0.3) is 6.08 Å². The van der Waals surface area contributed by atoms with Gasteiger partial charge >= 0.3 is 6.09 Å². The second-order valence-electron chi connectivity index (χ2n) is 11.5. The van der Waals surface area contributed by atoms with Gasteiger partial charge in [-0.25, -0.2) is 4.79 Å². The second-order valence-corrected chi connectivity index (χ2v) is 11.5. The molecule has 0 aromatic heterocycles. The van der Waals surface area contributed by atoms with Gasteiger partial charge in [-0.1, -0.05) is 63.3 Å². The summed E-state index contributed by atoms with van der Waals surface area (Å²) < 4.78 is 5.49. The lowest BCUT2D eigenvalue weighted by atomic mass is 9.96. The average Bonchev–Trinajstić information content (AvgIpc) is 2.90. The fourth-order valence-electron chi connectivity index (χ4n) is 4.61. The molecule has 0 saturated heterocycles. The number of aromatic hydroxyl groups is 1. The Morgan fingerprint density at radius 1 is 1.05 bits per heavy atom. The standard InChI is InChI=1S/C33H47N3O5/c1-9-13-22(4)34-30(38)29(26-15-12-14-24(11-3)20-26)36(23(5)10-2)31(39)28(35-32(40)41-33(6,7)8)21-25-16-18-27(37)19-17-25/h11-12,14-20,22-23,28-29,37H,3,9-10,13,21H2,1-2,4-8H3,(H,34,38)(H,35,40). The predicted molar refractivity (Wildman–Crippen MR) is 163 cm³/mol. The zero-order chi connectivity index (χ0) is 30.7. The molecule has 41 heavy (non-hydrogen) atoms. The molecule has 0 aliphatic rings. The second kappa shape index (κ2) is 15.3. The molecule has 3 N–H and O–H groups in total. The average molecular weight is 566 g/mol. The molecule has 4 atom stereocenters. The van der Waals surface area contributed by atoms with Gasteiger partial charge in [0, 0.05) is 18.5 Å². The van der Waals surface area contributed by atoms with Gasteiger partial charge in [0.05, 0.1) is 0 Å². The Morgan fingerprint density at radius 3 is 2.27 bits per heavy atom. The first-order valence-electron chi connectivity index (χ1n) is 14.4. The Labute approximate surface area is 245 Å². The van der Waals surface area contributed by atoms with Gasteiger partial charge in [-0.15, -0.1) is 0 Å². The van der Waals surface area contributed by atoms with Crippen molar-refractivity contribution in [2.45, 2.75) is 104 Å². The van der Waals surface area contributed by atoms with Crippen LogP contribution in [0, 0.1) is 0 Å². The highest BCUT2D eigenvalue weighted by Crippen LogP contribution is 2.28. The summed E-state index contributed by atoms with van der Waals surface area (Å²) in [4.78, 5) is 43.0. The Bertz CT molecular complexity index is 1170. The van der Waals surface area contributed by atoms with Gasteiger partial charge in [0.25, 0.3) is 0 Å². The third-order valence-electron chi connectivity index (χ3n) is 6.78. The lowest BCUT2D eigenvalue weighted by Gasteiger charge is -2.38. The maximum Gasteiger partial charge on any atom is 0.408 e. The van der Waals surface area contributed by atoms with Crippen molar-refractivity contribution in [2.24, 2.45) is 0 Å². The number of rotatable bonds is 13. The Hall–Kier alpha value is -3.81. The number of phenolic OH excluding ortho intramolecular Hbond substituents is 1. The van der Waals surface area contributed by atoms with E-state index in [1.165, 1.54) is 12.1 Å². The van der Waals surface area contributed by atoms with Gasteiger partial charge in [0.15, 0.2) is 0 Å². The van der Waals surface area contributed by atoms with E-state index in [2.05, 4.69) is 24.1 Å². The van der Waals surface area contributed by atoms with Crippen molar-refractivity contribution in [1.82, 2.24) is 15.5 Å². The monoisotopic (exact) mass is 565 g/mol. The molecule has 4 unspecified atom stereocenters. The molecule has 224 valence electrons. The highest BCUT2D eigenvalue weighted by atomic mass is 16.6. The van der Waals surface area contributed by atoms with Gasteiger partial charge < -0.3 is 25.4 Å². The number of phenols is 1. The maximum atomic E-state index is 14.5. The highest BCUT2D eigenvalue weighted by molar-refractivity contribution is 5.92. The zero-order valence-corrected chi connectivity index (χ0v) is 25.6. The minimum absolute atomic E-state index is 0.0841. The van der Waals surface area contributed by atoms with Crippen LogP contribution in [0.1, 0.15) is 90.5 Å². The van der Waals surface area contributed by atoms with Gasteiger partial charge in [-0.2, -0.15) is 0 Å². The zero-order valence-electron chi connectivity index (χ0n) is 25.6. The van der Waals surface area contributed by atoms with E-state index in [0.717, 1.165) is 24.0 Å². The highest BCUT2D eigenvalue weighted by Gasteiger charge is 2.39. The van der Waals surface area contributed by atoms with Crippen molar-refractivity contribution in [2.75, 3.05) is 0 Å². The van der Waals surface area contributed by atoms with E-state index in [1.807, 2.05) is 45.0 Å². The van der Waals surface area contributed by atoms with Gasteiger partial charge in [0.2, 0.25) is 11.8 Å². The molecule has 0 radical (unpaired) electrons. The van der Waals surface area contributed by atoms with Gasteiger partial charge in [-0.05, 0) is 82.3 Å². The number of carbonyl (C=O) groups is 3. The van der Waals surface area contributed by atoms with Crippen LogP contribution < -0.4 is 10.6 Å². The first kappa shape index (κ1) is 33.4. The summed E-state index contributed by atoms with van der Waals surface area (Å²) in [6.07, 6.45) is 3.39. The van der Waals surface area contributed by atoms with Crippen molar-refractivity contribution in [3.8, 4) is 5.75 Å². The minimum Gasteiger partial charge on any atom is -0.508 e. The van der Waals surface area contributed by atoms with E-state index in [1.54, 1.807) is 43.9 Å². The number of benzene rings is 2. The molecule has 0 heterocycles.